The SMILES string of the molecule is CNC(=O)CC1CCCC12NC(=O)C1=C3CCN(Cc4ccc(F)c(Cl)c4)C(=O)C3C(=O)C(=O)N12. The Balaban J connectivity index is 1.48. The van der Waals surface area contributed by atoms with Gasteiger partial charge in [-0.2, -0.15) is 0 Å². The zero-order valence-electron chi connectivity index (χ0n) is 19.0. The average Bonchev–Trinajstić information content (AvgIpc) is 3.35. The maximum atomic E-state index is 13.5. The number of fused-ring (bicyclic) bond motifs is 3. The third-order valence-corrected chi connectivity index (χ3v) is 7.85. The number of amides is 4. The van der Waals surface area contributed by atoms with Gasteiger partial charge in [-0.05, 0) is 49.0 Å². The molecule has 1 aliphatic carbocycles. The molecule has 11 heteroatoms. The van der Waals surface area contributed by atoms with Gasteiger partial charge in [0.2, 0.25) is 17.6 Å². The number of carbonyl (C=O) groups is 5. The van der Waals surface area contributed by atoms with Crippen LogP contribution < -0.4 is 10.6 Å². The van der Waals surface area contributed by atoms with Crippen LogP contribution in [0.2, 0.25) is 5.02 Å². The Morgan fingerprint density at radius 2 is 2.06 bits per heavy atom. The van der Waals surface area contributed by atoms with E-state index in [9.17, 15) is 28.4 Å². The summed E-state index contributed by atoms with van der Waals surface area (Å²) in [6.07, 6.45) is 2.06. The van der Waals surface area contributed by atoms with E-state index >= 15 is 0 Å². The lowest BCUT2D eigenvalue weighted by Crippen LogP contribution is -2.61. The van der Waals surface area contributed by atoms with E-state index in [1.54, 1.807) is 0 Å². The number of halogens is 2. The molecule has 3 atom stereocenters. The largest absolute Gasteiger partial charge is 0.359 e. The van der Waals surface area contributed by atoms with E-state index in [1.807, 2.05) is 0 Å². The Bertz CT molecular complexity index is 1220. The number of carbonyl (C=O) groups excluding carboxylic acids is 5. The molecule has 0 radical (unpaired) electrons. The van der Waals surface area contributed by atoms with Crippen molar-refractivity contribution in [2.24, 2.45) is 11.8 Å². The fourth-order valence-electron chi connectivity index (χ4n) is 5.92. The van der Waals surface area contributed by atoms with Crippen LogP contribution in [0, 0.1) is 17.7 Å². The molecule has 2 saturated heterocycles. The summed E-state index contributed by atoms with van der Waals surface area (Å²) in [5, 5.41) is 5.41. The second kappa shape index (κ2) is 8.44. The molecule has 3 fully saturated rings. The number of benzene rings is 1. The number of Topliss-reactive ketones (excluding diaryl/α,β-unsaturated/α-hetero) is 1. The van der Waals surface area contributed by atoms with Crippen LogP contribution in [0.5, 0.6) is 0 Å². The van der Waals surface area contributed by atoms with Gasteiger partial charge in [0.25, 0.3) is 11.8 Å². The standard InChI is InChI=1S/C24H24ClFN4O5/c1-27-17(31)10-13-3-2-7-24(13)28-21(33)19-14-6-8-29(11-12-4-5-16(26)15(25)9-12)22(34)18(14)20(32)23(35)30(19)24/h4-5,9,13,18H,2-3,6-8,10-11H2,1H3,(H,27,31)(H,28,33). The number of ketones is 1. The van der Waals surface area contributed by atoms with Crippen LogP contribution in [0.15, 0.2) is 29.5 Å². The number of hydrogen-bond acceptors (Lipinski definition) is 5. The highest BCUT2D eigenvalue weighted by atomic mass is 35.5. The molecule has 35 heavy (non-hydrogen) atoms. The summed E-state index contributed by atoms with van der Waals surface area (Å²) in [5.74, 6) is -5.36. The topological polar surface area (TPSA) is 116 Å². The highest BCUT2D eigenvalue weighted by Crippen LogP contribution is 2.49. The molecule has 1 aromatic rings. The van der Waals surface area contributed by atoms with E-state index in [0.29, 0.717) is 30.4 Å². The van der Waals surface area contributed by atoms with Gasteiger partial charge in [0, 0.05) is 32.5 Å². The van der Waals surface area contributed by atoms with Crippen molar-refractivity contribution in [1.82, 2.24) is 20.4 Å². The number of hydrogen-bond donors (Lipinski definition) is 2. The van der Waals surface area contributed by atoms with Gasteiger partial charge in [0.05, 0.1) is 5.02 Å². The molecule has 1 saturated carbocycles. The molecule has 1 aromatic carbocycles. The average molecular weight is 503 g/mol. The summed E-state index contributed by atoms with van der Waals surface area (Å²) in [4.78, 5) is 67.9. The highest BCUT2D eigenvalue weighted by molar-refractivity contribution is 6.44. The van der Waals surface area contributed by atoms with E-state index in [1.165, 1.54) is 35.0 Å². The van der Waals surface area contributed by atoms with E-state index in [4.69, 9.17) is 11.6 Å². The number of piperidine rings is 1. The molecule has 4 amide bonds. The first-order chi connectivity index (χ1) is 16.7. The van der Waals surface area contributed by atoms with E-state index in [0.717, 1.165) is 0 Å². The fourth-order valence-corrected chi connectivity index (χ4v) is 6.12. The predicted octanol–water partition coefficient (Wildman–Crippen LogP) is 1.26. The lowest BCUT2D eigenvalue weighted by molar-refractivity contribution is -0.155. The fraction of sp³-hybridized carbons (Fsp3) is 0.458. The first-order valence-electron chi connectivity index (χ1n) is 11.5. The van der Waals surface area contributed by atoms with Crippen molar-refractivity contribution < 1.29 is 28.4 Å². The van der Waals surface area contributed by atoms with Gasteiger partial charge in [-0.25, -0.2) is 4.39 Å². The van der Waals surface area contributed by atoms with Crippen LogP contribution in [0.3, 0.4) is 0 Å². The van der Waals surface area contributed by atoms with Crippen molar-refractivity contribution in [2.75, 3.05) is 13.6 Å². The molecular formula is C24H24ClFN4O5. The highest BCUT2D eigenvalue weighted by Gasteiger charge is 2.63. The second-order valence-corrected chi connectivity index (χ2v) is 9.82. The Kier molecular flexibility index (Phi) is 5.66. The van der Waals surface area contributed by atoms with Gasteiger partial charge in [0.1, 0.15) is 23.1 Å². The lowest BCUT2D eigenvalue weighted by atomic mass is 9.80. The Hall–Kier alpha value is -3.27. The number of nitrogens with one attached hydrogen (secondary N) is 2. The van der Waals surface area contributed by atoms with Gasteiger partial charge in [0.15, 0.2) is 0 Å². The van der Waals surface area contributed by atoms with Crippen LogP contribution in [-0.2, 0) is 30.5 Å². The minimum Gasteiger partial charge on any atom is -0.359 e. The summed E-state index contributed by atoms with van der Waals surface area (Å²) in [6.45, 7) is 0.313. The monoisotopic (exact) mass is 502 g/mol. The smallest absolute Gasteiger partial charge is 0.297 e. The molecule has 184 valence electrons. The van der Waals surface area contributed by atoms with Gasteiger partial charge >= 0.3 is 0 Å². The second-order valence-electron chi connectivity index (χ2n) is 9.41. The van der Waals surface area contributed by atoms with Gasteiger partial charge in [-0.3, -0.25) is 28.9 Å². The molecular weight excluding hydrogens is 479 g/mol. The van der Waals surface area contributed by atoms with Gasteiger partial charge < -0.3 is 15.5 Å². The summed E-state index contributed by atoms with van der Waals surface area (Å²) in [5.41, 5.74) is -0.152. The Morgan fingerprint density at radius 1 is 1.29 bits per heavy atom. The van der Waals surface area contributed by atoms with Crippen LogP contribution in [-0.4, -0.2) is 58.5 Å². The zero-order valence-corrected chi connectivity index (χ0v) is 19.8. The molecule has 1 spiro atoms. The summed E-state index contributed by atoms with van der Waals surface area (Å²) in [7, 11) is 1.52. The Morgan fingerprint density at radius 3 is 2.77 bits per heavy atom. The summed E-state index contributed by atoms with van der Waals surface area (Å²) < 4.78 is 13.5. The number of rotatable bonds is 4. The molecule has 0 bridgehead atoms. The van der Waals surface area contributed by atoms with E-state index < -0.39 is 40.9 Å². The van der Waals surface area contributed by atoms with Gasteiger partial charge in [-0.1, -0.05) is 17.7 Å². The molecule has 0 aromatic heterocycles. The van der Waals surface area contributed by atoms with Crippen molar-refractivity contribution in [3.8, 4) is 0 Å². The number of likely N-dealkylation sites (tertiary alicyclic amines) is 1. The van der Waals surface area contributed by atoms with Gasteiger partial charge in [-0.15, -0.1) is 0 Å². The normalized spacial score (nSPS) is 28.0. The van der Waals surface area contributed by atoms with E-state index in [-0.39, 0.29) is 48.5 Å². The molecule has 9 nitrogen and oxygen atoms in total. The van der Waals surface area contributed by atoms with E-state index in [2.05, 4.69) is 10.6 Å². The zero-order chi connectivity index (χ0) is 25.1. The predicted molar refractivity (Wildman–Crippen MR) is 121 cm³/mol. The maximum absolute atomic E-state index is 13.5. The number of nitrogens with zero attached hydrogens (tertiary/aromatic N) is 2. The third kappa shape index (κ3) is 3.53. The Labute approximate surface area is 205 Å². The molecule has 2 N–H and O–H groups in total. The molecule has 3 heterocycles. The van der Waals surface area contributed by atoms with Crippen molar-refractivity contribution in [3.63, 3.8) is 0 Å². The quantitative estimate of drug-likeness (QED) is 0.475. The van der Waals surface area contributed by atoms with Crippen molar-refractivity contribution in [3.05, 3.63) is 45.9 Å². The van der Waals surface area contributed by atoms with Crippen LogP contribution in [0.1, 0.15) is 37.7 Å². The summed E-state index contributed by atoms with van der Waals surface area (Å²) >= 11 is 5.85. The summed E-state index contributed by atoms with van der Waals surface area (Å²) in [6, 6.07) is 4.11. The lowest BCUT2D eigenvalue weighted by Gasteiger charge is -2.43. The first-order valence-corrected chi connectivity index (χ1v) is 11.9. The maximum Gasteiger partial charge on any atom is 0.297 e. The first kappa shape index (κ1) is 23.5. The third-order valence-electron chi connectivity index (χ3n) is 7.56. The minimum absolute atomic E-state index is 0.0706. The molecule has 3 unspecified atom stereocenters. The van der Waals surface area contributed by atoms with Crippen molar-refractivity contribution in [2.45, 2.75) is 44.3 Å². The van der Waals surface area contributed by atoms with Crippen LogP contribution >= 0.6 is 11.6 Å². The van der Waals surface area contributed by atoms with Crippen molar-refractivity contribution >= 4 is 41.0 Å². The van der Waals surface area contributed by atoms with Crippen LogP contribution in [0.25, 0.3) is 0 Å². The van der Waals surface area contributed by atoms with Crippen molar-refractivity contribution in [1.29, 1.82) is 0 Å². The molecule has 5 rings (SSSR count). The molecule has 4 aliphatic rings. The minimum atomic E-state index is -1.36. The van der Waals surface area contributed by atoms with Crippen LogP contribution in [0.4, 0.5) is 4.39 Å². The molecule has 3 aliphatic heterocycles.